The molecular formula is C12H15N3S. The number of aryl methyl sites for hydroxylation is 1. The van der Waals surface area contributed by atoms with Crippen LogP contribution in [-0.2, 0) is 0 Å². The van der Waals surface area contributed by atoms with E-state index in [-0.39, 0.29) is 6.04 Å². The molecule has 4 heteroatoms. The van der Waals surface area contributed by atoms with Crippen LogP contribution < -0.4 is 5.73 Å². The normalized spacial score (nSPS) is 12.6. The zero-order valence-corrected chi connectivity index (χ0v) is 10.00. The molecule has 0 bridgehead atoms. The lowest BCUT2D eigenvalue weighted by Gasteiger charge is -2.13. The number of hydrogen-bond donors (Lipinski definition) is 2. The van der Waals surface area contributed by atoms with Gasteiger partial charge in [-0.1, -0.05) is 36.0 Å². The van der Waals surface area contributed by atoms with Gasteiger partial charge < -0.3 is 10.7 Å². The van der Waals surface area contributed by atoms with Gasteiger partial charge in [-0.15, -0.1) is 0 Å². The van der Waals surface area contributed by atoms with Crippen molar-refractivity contribution in [3.63, 3.8) is 0 Å². The molecule has 1 atom stereocenters. The molecule has 0 saturated carbocycles. The molecule has 1 aromatic carbocycles. The Bertz CT molecular complexity index is 439. The maximum absolute atomic E-state index is 6.15. The molecule has 0 amide bonds. The van der Waals surface area contributed by atoms with Crippen molar-refractivity contribution in [2.45, 2.75) is 18.1 Å². The Morgan fingerprint density at radius 1 is 1.44 bits per heavy atom. The van der Waals surface area contributed by atoms with Gasteiger partial charge >= 0.3 is 0 Å². The maximum atomic E-state index is 6.15. The van der Waals surface area contributed by atoms with Crippen molar-refractivity contribution in [1.29, 1.82) is 0 Å². The smallest absolute Gasteiger partial charge is 0.165 e. The number of rotatable bonds is 4. The van der Waals surface area contributed by atoms with Gasteiger partial charge in [-0.25, -0.2) is 4.98 Å². The standard InChI is InChI=1S/C12H15N3S/c1-9-4-2-3-5-10(9)11(13)8-16-12-14-6-7-15-12/h2-7,11H,8,13H2,1H3,(H,14,15). The van der Waals surface area contributed by atoms with Gasteiger partial charge in [0.1, 0.15) is 0 Å². The first-order valence-electron chi connectivity index (χ1n) is 5.20. The van der Waals surface area contributed by atoms with Crippen LogP contribution in [0.3, 0.4) is 0 Å². The number of hydrogen-bond acceptors (Lipinski definition) is 3. The lowest BCUT2D eigenvalue weighted by molar-refractivity contribution is 0.820. The number of aromatic nitrogens is 2. The van der Waals surface area contributed by atoms with E-state index in [1.165, 1.54) is 11.1 Å². The molecule has 0 aliphatic rings. The Morgan fingerprint density at radius 3 is 2.94 bits per heavy atom. The van der Waals surface area contributed by atoms with E-state index in [9.17, 15) is 0 Å². The summed E-state index contributed by atoms with van der Waals surface area (Å²) in [5.74, 6) is 0.832. The van der Waals surface area contributed by atoms with Crippen molar-refractivity contribution in [2.24, 2.45) is 5.73 Å². The molecule has 0 fully saturated rings. The molecule has 3 nitrogen and oxygen atoms in total. The minimum atomic E-state index is 0.0521. The first-order valence-corrected chi connectivity index (χ1v) is 6.19. The van der Waals surface area contributed by atoms with Gasteiger partial charge in [0, 0.05) is 24.2 Å². The predicted octanol–water partition coefficient (Wildman–Crippen LogP) is 2.51. The Morgan fingerprint density at radius 2 is 2.25 bits per heavy atom. The molecule has 3 N–H and O–H groups in total. The highest BCUT2D eigenvalue weighted by molar-refractivity contribution is 7.99. The summed E-state index contributed by atoms with van der Waals surface area (Å²) in [6, 6.07) is 8.29. The van der Waals surface area contributed by atoms with E-state index in [0.29, 0.717) is 0 Å². The summed E-state index contributed by atoms with van der Waals surface area (Å²) >= 11 is 1.65. The Hall–Kier alpha value is -1.26. The van der Waals surface area contributed by atoms with Crippen molar-refractivity contribution in [1.82, 2.24) is 9.97 Å². The van der Waals surface area contributed by atoms with Crippen LogP contribution >= 0.6 is 11.8 Å². The summed E-state index contributed by atoms with van der Waals surface area (Å²) in [5.41, 5.74) is 8.61. The van der Waals surface area contributed by atoms with Crippen molar-refractivity contribution in [3.8, 4) is 0 Å². The topological polar surface area (TPSA) is 54.7 Å². The lowest BCUT2D eigenvalue weighted by atomic mass is 10.0. The highest BCUT2D eigenvalue weighted by Gasteiger charge is 2.09. The number of nitrogens with two attached hydrogens (primary N) is 1. The highest BCUT2D eigenvalue weighted by atomic mass is 32.2. The number of benzene rings is 1. The Labute approximate surface area is 99.5 Å². The minimum absolute atomic E-state index is 0.0521. The number of thioether (sulfide) groups is 1. The van der Waals surface area contributed by atoms with E-state index in [4.69, 9.17) is 5.73 Å². The van der Waals surface area contributed by atoms with E-state index in [1.54, 1.807) is 18.0 Å². The molecule has 1 heterocycles. The fourth-order valence-electron chi connectivity index (χ4n) is 1.59. The number of nitrogens with one attached hydrogen (secondary N) is 1. The van der Waals surface area contributed by atoms with Crippen LogP contribution in [0.4, 0.5) is 0 Å². The van der Waals surface area contributed by atoms with Crippen LogP contribution in [0.1, 0.15) is 17.2 Å². The molecule has 1 aromatic heterocycles. The van der Waals surface area contributed by atoms with Gasteiger partial charge in [0.2, 0.25) is 0 Å². The van der Waals surface area contributed by atoms with Crippen LogP contribution in [0.15, 0.2) is 41.8 Å². The molecular weight excluding hydrogens is 218 g/mol. The van der Waals surface area contributed by atoms with Gasteiger partial charge in [-0.2, -0.15) is 0 Å². The number of nitrogens with zero attached hydrogens (tertiary/aromatic N) is 1. The summed E-state index contributed by atoms with van der Waals surface area (Å²) in [4.78, 5) is 7.21. The highest BCUT2D eigenvalue weighted by Crippen LogP contribution is 2.22. The maximum Gasteiger partial charge on any atom is 0.165 e. The minimum Gasteiger partial charge on any atom is -0.340 e. The lowest BCUT2D eigenvalue weighted by Crippen LogP contribution is -2.14. The molecule has 84 valence electrons. The summed E-state index contributed by atoms with van der Waals surface area (Å²) in [7, 11) is 0. The fourth-order valence-corrected chi connectivity index (χ4v) is 2.39. The zero-order valence-electron chi connectivity index (χ0n) is 9.18. The second-order valence-electron chi connectivity index (χ2n) is 3.67. The Kier molecular flexibility index (Phi) is 3.64. The monoisotopic (exact) mass is 233 g/mol. The third kappa shape index (κ3) is 2.65. The first-order chi connectivity index (χ1) is 7.77. The molecule has 2 rings (SSSR count). The van der Waals surface area contributed by atoms with Crippen molar-refractivity contribution in [2.75, 3.05) is 5.75 Å². The average Bonchev–Trinajstić information content (AvgIpc) is 2.79. The van der Waals surface area contributed by atoms with Crippen LogP contribution in [0.25, 0.3) is 0 Å². The molecule has 0 saturated heterocycles. The van der Waals surface area contributed by atoms with Crippen molar-refractivity contribution >= 4 is 11.8 Å². The van der Waals surface area contributed by atoms with Crippen molar-refractivity contribution in [3.05, 3.63) is 47.8 Å². The second-order valence-corrected chi connectivity index (χ2v) is 4.68. The van der Waals surface area contributed by atoms with Crippen molar-refractivity contribution < 1.29 is 0 Å². The summed E-state index contributed by atoms with van der Waals surface area (Å²) < 4.78 is 0. The number of H-pyrrole nitrogens is 1. The molecule has 0 aliphatic heterocycles. The van der Waals surface area contributed by atoms with Gasteiger partial charge in [0.25, 0.3) is 0 Å². The average molecular weight is 233 g/mol. The quantitative estimate of drug-likeness (QED) is 0.798. The number of aromatic amines is 1. The SMILES string of the molecule is Cc1ccccc1C(N)CSc1ncc[nH]1. The molecule has 0 radical (unpaired) electrons. The third-order valence-electron chi connectivity index (χ3n) is 2.46. The van der Waals surface area contributed by atoms with E-state index >= 15 is 0 Å². The van der Waals surface area contributed by atoms with E-state index in [2.05, 4.69) is 29.0 Å². The van der Waals surface area contributed by atoms with Gasteiger partial charge in [0.05, 0.1) is 0 Å². The second kappa shape index (κ2) is 5.18. The van der Waals surface area contributed by atoms with Gasteiger partial charge in [0.15, 0.2) is 5.16 Å². The molecule has 2 aromatic rings. The van der Waals surface area contributed by atoms with Gasteiger partial charge in [-0.05, 0) is 18.1 Å². The molecule has 0 spiro atoms. The molecule has 16 heavy (non-hydrogen) atoms. The fraction of sp³-hybridized carbons (Fsp3) is 0.250. The summed E-state index contributed by atoms with van der Waals surface area (Å²) in [6.07, 6.45) is 3.57. The first kappa shape index (κ1) is 11.2. The van der Waals surface area contributed by atoms with E-state index < -0.39 is 0 Å². The van der Waals surface area contributed by atoms with Crippen LogP contribution in [0, 0.1) is 6.92 Å². The summed E-state index contributed by atoms with van der Waals surface area (Å²) in [5, 5.41) is 0.920. The third-order valence-corrected chi connectivity index (χ3v) is 3.48. The Balaban J connectivity index is 1.98. The molecule has 1 unspecified atom stereocenters. The van der Waals surface area contributed by atoms with E-state index in [1.807, 2.05) is 18.3 Å². The van der Waals surface area contributed by atoms with Gasteiger partial charge in [-0.3, -0.25) is 0 Å². The van der Waals surface area contributed by atoms with Crippen LogP contribution in [0.5, 0.6) is 0 Å². The number of imidazole rings is 1. The molecule has 0 aliphatic carbocycles. The van der Waals surface area contributed by atoms with Crippen LogP contribution in [-0.4, -0.2) is 15.7 Å². The zero-order chi connectivity index (χ0) is 11.4. The van der Waals surface area contributed by atoms with Crippen LogP contribution in [0.2, 0.25) is 0 Å². The predicted molar refractivity (Wildman–Crippen MR) is 67.4 cm³/mol. The largest absolute Gasteiger partial charge is 0.340 e. The summed E-state index contributed by atoms with van der Waals surface area (Å²) in [6.45, 7) is 2.09. The van der Waals surface area contributed by atoms with E-state index in [0.717, 1.165) is 10.9 Å².